The predicted octanol–water partition coefficient (Wildman–Crippen LogP) is 5.00. The van der Waals surface area contributed by atoms with Gasteiger partial charge in [-0.1, -0.05) is 63.6 Å². The zero-order valence-corrected chi connectivity index (χ0v) is 30.4. The second kappa shape index (κ2) is 15.8. The number of aliphatic hydroxyl groups excluding tert-OH is 1. The van der Waals surface area contributed by atoms with E-state index < -0.39 is 33.3 Å². The van der Waals surface area contributed by atoms with Crippen molar-refractivity contribution in [3.8, 4) is 5.75 Å². The largest absolute Gasteiger partial charge is 0.490 e. The summed E-state index contributed by atoms with van der Waals surface area (Å²) in [5, 5.41) is 20.5. The monoisotopic (exact) mass is 700 g/mol. The summed E-state index contributed by atoms with van der Waals surface area (Å²) in [6, 6.07) is 12.0. The van der Waals surface area contributed by atoms with E-state index in [0.717, 1.165) is 16.3 Å². The number of benzene rings is 1. The number of hydrogen-bond acceptors (Lipinski definition) is 9. The van der Waals surface area contributed by atoms with Gasteiger partial charge in [0.25, 0.3) is 5.91 Å². The van der Waals surface area contributed by atoms with Crippen molar-refractivity contribution in [3.63, 3.8) is 0 Å². The summed E-state index contributed by atoms with van der Waals surface area (Å²) >= 11 is 6.09. The highest BCUT2D eigenvalue weighted by Crippen LogP contribution is 2.37. The molecule has 2 heterocycles. The smallest absolute Gasteiger partial charge is 0.251 e. The van der Waals surface area contributed by atoms with Crippen LogP contribution in [0.5, 0.6) is 5.75 Å². The Morgan fingerprint density at radius 3 is 2.54 bits per heavy atom. The Balaban J connectivity index is 1.54. The molecule has 1 aliphatic rings. The zero-order chi connectivity index (χ0) is 35.2. The summed E-state index contributed by atoms with van der Waals surface area (Å²) in [5.41, 5.74) is 2.47. The molecular weight excluding hydrogens is 652 g/mol. The first kappa shape index (κ1) is 37.4. The average Bonchev–Trinajstić information content (AvgIpc) is 3.75. The number of aliphatic hydroxyl groups is 1. The molecule has 1 aliphatic carbocycles. The first-order chi connectivity index (χ1) is 22.5. The molecule has 1 fully saturated rings. The molecule has 3 aromatic rings. The lowest BCUT2D eigenvalue weighted by atomic mass is 9.86. The molecule has 4 atom stereocenters. The molecule has 0 aliphatic heterocycles. The third kappa shape index (κ3) is 10.3. The maximum absolute atomic E-state index is 13.8. The lowest BCUT2D eigenvalue weighted by molar-refractivity contribution is 0.0732. The molecule has 0 radical (unpaired) electrons. The predicted molar refractivity (Wildman–Crippen MR) is 191 cm³/mol. The van der Waals surface area contributed by atoms with Crippen LogP contribution in [0.15, 0.2) is 54.9 Å². The molecule has 1 saturated carbocycles. The molecule has 262 valence electrons. The normalized spacial score (nSPS) is 17.5. The van der Waals surface area contributed by atoms with Crippen LogP contribution >= 0.6 is 11.6 Å². The molecule has 0 unspecified atom stereocenters. The molecule has 1 aromatic carbocycles. The number of halogens is 1. The van der Waals surface area contributed by atoms with Crippen molar-refractivity contribution in [2.75, 3.05) is 36.4 Å². The molecule has 13 heteroatoms. The van der Waals surface area contributed by atoms with Crippen LogP contribution < -0.4 is 25.0 Å². The lowest BCUT2D eigenvalue weighted by Gasteiger charge is -2.26. The second-order valence-corrected chi connectivity index (χ2v) is 16.8. The van der Waals surface area contributed by atoms with Gasteiger partial charge in [-0.05, 0) is 60.8 Å². The molecule has 1 amide bonds. The number of nitrogens with one attached hydrogen (secondary N) is 3. The molecule has 0 bridgehead atoms. The summed E-state index contributed by atoms with van der Waals surface area (Å²) < 4.78 is 33.0. The highest BCUT2D eigenvalue weighted by molar-refractivity contribution is 7.93. The quantitative estimate of drug-likeness (QED) is 0.162. The number of aromatic nitrogens is 2. The lowest BCUT2D eigenvalue weighted by Crippen LogP contribution is -2.50. The Morgan fingerprint density at radius 1 is 1.17 bits per heavy atom. The molecular formula is C35H49ClN6O5S. The highest BCUT2D eigenvalue weighted by Gasteiger charge is 2.32. The van der Waals surface area contributed by atoms with Crippen molar-refractivity contribution < 1.29 is 23.1 Å². The Bertz CT molecular complexity index is 1670. The number of ether oxygens (including phenoxy) is 1. The van der Waals surface area contributed by atoms with Crippen LogP contribution in [-0.2, 0) is 22.0 Å². The molecule has 0 saturated heterocycles. The summed E-state index contributed by atoms with van der Waals surface area (Å²) in [5.74, 6) is 1.45. The number of anilines is 2. The third-order valence-electron chi connectivity index (χ3n) is 8.56. The van der Waals surface area contributed by atoms with Crippen LogP contribution in [0.3, 0.4) is 0 Å². The number of rotatable bonds is 16. The second-order valence-electron chi connectivity index (χ2n) is 13.9. The van der Waals surface area contributed by atoms with Crippen molar-refractivity contribution in [2.45, 2.75) is 77.3 Å². The molecule has 2 aromatic heterocycles. The van der Waals surface area contributed by atoms with E-state index in [0.29, 0.717) is 41.5 Å². The maximum Gasteiger partial charge on any atom is 0.251 e. The van der Waals surface area contributed by atoms with Crippen molar-refractivity contribution in [2.24, 2.45) is 11.8 Å². The Labute approximate surface area is 289 Å². The van der Waals surface area contributed by atoms with E-state index >= 15 is 0 Å². The van der Waals surface area contributed by atoms with E-state index in [2.05, 4.69) is 65.7 Å². The summed E-state index contributed by atoms with van der Waals surface area (Å²) in [6.07, 6.45) is 3.02. The number of carbonyl (C=O) groups excluding carboxylic acids is 1. The number of amides is 1. The fraction of sp³-hybridized carbons (Fsp3) is 0.514. The van der Waals surface area contributed by atoms with Gasteiger partial charge in [-0.2, -0.15) is 0 Å². The first-order valence-electron chi connectivity index (χ1n) is 16.3. The number of nitrogens with zero attached hydrogens (tertiary/aromatic N) is 3. The topological polar surface area (TPSA) is 146 Å². The molecule has 4 rings (SSSR count). The summed E-state index contributed by atoms with van der Waals surface area (Å²) in [7, 11) is -2.29. The van der Waals surface area contributed by atoms with Gasteiger partial charge in [0.1, 0.15) is 24.0 Å². The van der Waals surface area contributed by atoms with Crippen molar-refractivity contribution in [1.29, 1.82) is 0 Å². The van der Waals surface area contributed by atoms with Crippen LogP contribution in [0.1, 0.15) is 69.4 Å². The highest BCUT2D eigenvalue weighted by atomic mass is 35.5. The molecule has 0 spiro atoms. The van der Waals surface area contributed by atoms with E-state index in [1.807, 2.05) is 12.1 Å². The first-order valence-corrected chi connectivity index (χ1v) is 18.2. The van der Waals surface area contributed by atoms with Gasteiger partial charge in [-0.25, -0.2) is 13.4 Å². The zero-order valence-electron chi connectivity index (χ0n) is 28.8. The Hall–Kier alpha value is -3.45. The van der Waals surface area contributed by atoms with Crippen LogP contribution in [0.2, 0.25) is 5.02 Å². The van der Waals surface area contributed by atoms with Crippen LogP contribution in [0, 0.1) is 11.8 Å². The number of hydrogen-bond donors (Lipinski definition) is 4. The summed E-state index contributed by atoms with van der Waals surface area (Å²) in [6.45, 7) is 13.1. The average molecular weight is 701 g/mol. The third-order valence-corrected chi connectivity index (χ3v) is 10.9. The minimum atomic E-state index is -3.71. The fourth-order valence-corrected chi connectivity index (χ4v) is 6.23. The van der Waals surface area contributed by atoms with E-state index in [9.17, 15) is 18.3 Å². The van der Waals surface area contributed by atoms with E-state index in [-0.39, 0.29) is 29.9 Å². The van der Waals surface area contributed by atoms with Gasteiger partial charge < -0.3 is 25.8 Å². The Morgan fingerprint density at radius 2 is 1.90 bits per heavy atom. The fourth-order valence-electron chi connectivity index (χ4n) is 5.08. The van der Waals surface area contributed by atoms with Gasteiger partial charge in [0.2, 0.25) is 10.0 Å². The van der Waals surface area contributed by atoms with Crippen LogP contribution in [0.4, 0.5) is 11.6 Å². The van der Waals surface area contributed by atoms with Gasteiger partial charge in [0.15, 0.2) is 0 Å². The van der Waals surface area contributed by atoms with Crippen LogP contribution in [0.25, 0.3) is 0 Å². The SMILES string of the molecule is CC(C)S(=O)(=O)N(C)c1cc(C(=O)N[C@@H](COc2cncc(Cl)c2)[C@H](O)CNCc2cccc(C(C)(C)C)c2)cc(NC[C@H]2C[C@@H]2C)n1. The van der Waals surface area contributed by atoms with Gasteiger partial charge in [-0.3, -0.25) is 14.1 Å². The van der Waals surface area contributed by atoms with Gasteiger partial charge >= 0.3 is 0 Å². The van der Waals surface area contributed by atoms with Crippen molar-refractivity contribution in [1.82, 2.24) is 20.6 Å². The van der Waals surface area contributed by atoms with Crippen molar-refractivity contribution in [3.05, 3.63) is 76.6 Å². The standard InChI is InChI=1S/C35H49ClN6O5S/c1-22(2)48(45,46)42(7)33-14-25(13-32(41-33)39-17-26-11-23(26)3)34(44)40-30(21-47-29-15-28(36)18-38-19-29)31(43)20-37-16-24-9-8-10-27(12-24)35(4,5)6/h8-10,12-15,18-19,22-23,26,30-31,37,43H,11,16-17,20-21H2,1-7H3,(H,39,41)(H,40,44)/t23-,26+,30-,31+/m0/s1. The van der Waals surface area contributed by atoms with Gasteiger partial charge in [0.05, 0.1) is 28.6 Å². The van der Waals surface area contributed by atoms with Gasteiger partial charge in [-0.15, -0.1) is 0 Å². The van der Waals surface area contributed by atoms with Gasteiger partial charge in [0, 0.05) is 44.5 Å². The maximum atomic E-state index is 13.8. The molecule has 48 heavy (non-hydrogen) atoms. The number of carbonyl (C=O) groups is 1. The minimum absolute atomic E-state index is 0.00371. The van der Waals surface area contributed by atoms with E-state index in [4.69, 9.17) is 16.3 Å². The van der Waals surface area contributed by atoms with E-state index in [1.54, 1.807) is 26.0 Å². The number of pyridine rings is 2. The van der Waals surface area contributed by atoms with E-state index in [1.165, 1.54) is 31.1 Å². The van der Waals surface area contributed by atoms with Crippen LogP contribution in [-0.4, -0.2) is 73.5 Å². The molecule has 4 N–H and O–H groups in total. The van der Waals surface area contributed by atoms with Crippen molar-refractivity contribution >= 4 is 39.2 Å². The summed E-state index contributed by atoms with van der Waals surface area (Å²) in [4.78, 5) is 22.4. The number of sulfonamides is 1. The Kier molecular flexibility index (Phi) is 12.3. The molecule has 11 nitrogen and oxygen atoms in total. The minimum Gasteiger partial charge on any atom is -0.490 e.